The number of halogens is 1. The number of carbonyl (C=O) groups is 2. The van der Waals surface area contributed by atoms with E-state index in [9.17, 15) is 9.59 Å². The molecule has 1 heterocycles. The van der Waals surface area contributed by atoms with Crippen LogP contribution in [0.3, 0.4) is 0 Å². The maximum absolute atomic E-state index is 12.4. The van der Waals surface area contributed by atoms with Gasteiger partial charge in [-0.25, -0.2) is 4.99 Å². The molecule has 3 rings (SSSR count). The van der Waals surface area contributed by atoms with Crippen molar-refractivity contribution in [2.75, 3.05) is 26.7 Å². The number of hydrogen-bond acceptors (Lipinski definition) is 4. The van der Waals surface area contributed by atoms with Crippen LogP contribution in [0.15, 0.2) is 47.5 Å². The summed E-state index contributed by atoms with van der Waals surface area (Å²) >= 11 is 0. The zero-order valence-corrected chi connectivity index (χ0v) is 19.7. The zero-order chi connectivity index (χ0) is 20.8. The number of hydrogen-bond donors (Lipinski definition) is 2. The summed E-state index contributed by atoms with van der Waals surface area (Å²) in [6, 6.07) is 12.9. The normalized spacial score (nSPS) is 13.0. The smallest absolute Gasteiger partial charge is 0.261 e. The van der Waals surface area contributed by atoms with Gasteiger partial charge < -0.3 is 15.4 Å². The Morgan fingerprint density at radius 3 is 2.33 bits per heavy atom. The lowest BCUT2D eigenvalue weighted by atomic mass is 10.1. The lowest BCUT2D eigenvalue weighted by Gasteiger charge is -2.16. The van der Waals surface area contributed by atoms with Crippen LogP contribution in [0.2, 0.25) is 0 Å². The molecule has 0 aliphatic carbocycles. The van der Waals surface area contributed by atoms with E-state index in [4.69, 9.17) is 4.74 Å². The Balaban J connectivity index is 0.00000320. The summed E-state index contributed by atoms with van der Waals surface area (Å²) in [5.74, 6) is 0.917. The molecule has 2 aromatic carbocycles. The number of aliphatic imine (C=N–C) groups is 1. The summed E-state index contributed by atoms with van der Waals surface area (Å²) in [6.07, 6.45) is 0. The number of amides is 2. The third-order valence-electron chi connectivity index (χ3n) is 4.70. The maximum Gasteiger partial charge on any atom is 0.261 e. The zero-order valence-electron chi connectivity index (χ0n) is 17.4. The second-order valence-corrected chi connectivity index (χ2v) is 6.74. The fourth-order valence-corrected chi connectivity index (χ4v) is 3.22. The standard InChI is InChI=1S/C22H26N4O3.HI/c1-4-23-22(25-14-16-10-9-15(2)13-19(16)29-3)24-11-12-26-20(27)17-7-5-6-8-18(17)21(26)28;/h5-10,13H,4,11-12,14H2,1-3H3,(H2,23,24,25);1H. The molecule has 0 bridgehead atoms. The Hall–Kier alpha value is -2.62. The van der Waals surface area contributed by atoms with E-state index >= 15 is 0 Å². The number of methoxy groups -OCH3 is 1. The summed E-state index contributed by atoms with van der Waals surface area (Å²) in [7, 11) is 1.65. The van der Waals surface area contributed by atoms with Crippen LogP contribution in [-0.2, 0) is 6.54 Å². The van der Waals surface area contributed by atoms with E-state index in [1.807, 2.05) is 32.0 Å². The van der Waals surface area contributed by atoms with Gasteiger partial charge in [-0.3, -0.25) is 14.5 Å². The minimum absolute atomic E-state index is 0. The van der Waals surface area contributed by atoms with Crippen molar-refractivity contribution in [1.82, 2.24) is 15.5 Å². The van der Waals surface area contributed by atoms with Crippen LogP contribution in [0.5, 0.6) is 5.75 Å². The maximum atomic E-state index is 12.4. The molecule has 2 N–H and O–H groups in total. The molecule has 8 heteroatoms. The second-order valence-electron chi connectivity index (χ2n) is 6.74. The highest BCUT2D eigenvalue weighted by Crippen LogP contribution is 2.22. The molecule has 2 amide bonds. The average Bonchev–Trinajstić information content (AvgIpc) is 2.97. The molecule has 0 saturated carbocycles. The Bertz CT molecular complexity index is 911. The highest BCUT2D eigenvalue weighted by molar-refractivity contribution is 14.0. The summed E-state index contributed by atoms with van der Waals surface area (Å²) in [4.78, 5) is 30.7. The van der Waals surface area contributed by atoms with Crippen LogP contribution in [0.1, 0.15) is 38.8 Å². The SMILES string of the molecule is CCNC(=NCc1ccc(C)cc1OC)NCCN1C(=O)c2ccccc2C1=O.I. The van der Waals surface area contributed by atoms with E-state index in [0.29, 0.717) is 36.7 Å². The van der Waals surface area contributed by atoms with E-state index in [1.165, 1.54) is 4.90 Å². The van der Waals surface area contributed by atoms with E-state index in [0.717, 1.165) is 16.9 Å². The third kappa shape index (κ3) is 5.29. The predicted octanol–water partition coefficient (Wildman–Crippen LogP) is 2.97. The molecule has 0 spiro atoms. The number of guanidine groups is 1. The van der Waals surface area contributed by atoms with Gasteiger partial charge in [0.05, 0.1) is 24.8 Å². The van der Waals surface area contributed by atoms with Gasteiger partial charge in [0.2, 0.25) is 0 Å². The van der Waals surface area contributed by atoms with E-state index in [2.05, 4.69) is 15.6 Å². The first-order valence-corrected chi connectivity index (χ1v) is 9.66. The fourth-order valence-electron chi connectivity index (χ4n) is 3.22. The number of ether oxygens (including phenoxy) is 1. The lowest BCUT2D eigenvalue weighted by Crippen LogP contribution is -2.43. The van der Waals surface area contributed by atoms with Crippen molar-refractivity contribution in [3.05, 3.63) is 64.7 Å². The third-order valence-corrected chi connectivity index (χ3v) is 4.70. The van der Waals surface area contributed by atoms with Gasteiger partial charge in [0.1, 0.15) is 5.75 Å². The van der Waals surface area contributed by atoms with Gasteiger partial charge in [0.25, 0.3) is 11.8 Å². The molecule has 30 heavy (non-hydrogen) atoms. The average molecular weight is 522 g/mol. The van der Waals surface area contributed by atoms with Crippen molar-refractivity contribution < 1.29 is 14.3 Å². The molecular weight excluding hydrogens is 495 g/mol. The summed E-state index contributed by atoms with van der Waals surface area (Å²) < 4.78 is 5.43. The molecule has 0 unspecified atom stereocenters. The number of carbonyl (C=O) groups excluding carboxylic acids is 2. The number of fused-ring (bicyclic) bond motifs is 1. The van der Waals surface area contributed by atoms with Crippen molar-refractivity contribution in [3.63, 3.8) is 0 Å². The monoisotopic (exact) mass is 522 g/mol. The van der Waals surface area contributed by atoms with Gasteiger partial charge in [0.15, 0.2) is 5.96 Å². The predicted molar refractivity (Wildman–Crippen MR) is 128 cm³/mol. The first-order chi connectivity index (χ1) is 14.0. The molecule has 0 aromatic heterocycles. The van der Waals surface area contributed by atoms with Crippen molar-refractivity contribution in [2.45, 2.75) is 20.4 Å². The molecule has 2 aromatic rings. The highest BCUT2D eigenvalue weighted by Gasteiger charge is 2.34. The fraction of sp³-hybridized carbons (Fsp3) is 0.318. The van der Waals surface area contributed by atoms with Gasteiger partial charge in [-0.15, -0.1) is 24.0 Å². The molecular formula is C22H27IN4O3. The molecule has 0 saturated heterocycles. The molecule has 0 radical (unpaired) electrons. The Kier molecular flexibility index (Phi) is 8.64. The van der Waals surface area contributed by atoms with Crippen LogP contribution >= 0.6 is 24.0 Å². The van der Waals surface area contributed by atoms with Crippen molar-refractivity contribution >= 4 is 41.8 Å². The Morgan fingerprint density at radius 1 is 1.07 bits per heavy atom. The number of imide groups is 1. The number of nitrogens with one attached hydrogen (secondary N) is 2. The first-order valence-electron chi connectivity index (χ1n) is 9.66. The van der Waals surface area contributed by atoms with Gasteiger partial charge in [-0.1, -0.05) is 24.3 Å². The number of nitrogens with zero attached hydrogens (tertiary/aromatic N) is 2. The van der Waals surface area contributed by atoms with Crippen molar-refractivity contribution in [2.24, 2.45) is 4.99 Å². The highest BCUT2D eigenvalue weighted by atomic mass is 127. The second kappa shape index (κ2) is 11.0. The van der Waals surface area contributed by atoms with Crippen LogP contribution in [-0.4, -0.2) is 49.4 Å². The van der Waals surface area contributed by atoms with Crippen LogP contribution in [0, 0.1) is 6.92 Å². The lowest BCUT2D eigenvalue weighted by molar-refractivity contribution is 0.0657. The van der Waals surface area contributed by atoms with E-state index < -0.39 is 0 Å². The van der Waals surface area contributed by atoms with Gasteiger partial charge in [-0.05, 0) is 37.6 Å². The molecule has 0 fully saturated rings. The van der Waals surface area contributed by atoms with Crippen molar-refractivity contribution in [3.8, 4) is 5.75 Å². The van der Waals surface area contributed by atoms with Gasteiger partial charge in [-0.2, -0.15) is 0 Å². The largest absolute Gasteiger partial charge is 0.496 e. The topological polar surface area (TPSA) is 83.0 Å². The van der Waals surface area contributed by atoms with Crippen molar-refractivity contribution in [1.29, 1.82) is 0 Å². The summed E-state index contributed by atoms with van der Waals surface area (Å²) in [6.45, 7) is 5.82. The molecule has 0 atom stereocenters. The van der Waals surface area contributed by atoms with E-state index in [-0.39, 0.29) is 42.3 Å². The Labute approximate surface area is 193 Å². The minimum Gasteiger partial charge on any atom is -0.496 e. The van der Waals surface area contributed by atoms with Crippen LogP contribution < -0.4 is 15.4 Å². The quantitative estimate of drug-likeness (QED) is 0.253. The van der Waals surface area contributed by atoms with Gasteiger partial charge >= 0.3 is 0 Å². The van der Waals surface area contributed by atoms with Crippen LogP contribution in [0.25, 0.3) is 0 Å². The van der Waals surface area contributed by atoms with E-state index in [1.54, 1.807) is 31.4 Å². The number of benzene rings is 2. The number of rotatable bonds is 7. The molecule has 1 aliphatic rings. The minimum atomic E-state index is -0.251. The summed E-state index contributed by atoms with van der Waals surface area (Å²) in [5, 5.41) is 6.36. The molecule has 1 aliphatic heterocycles. The molecule has 7 nitrogen and oxygen atoms in total. The molecule has 160 valence electrons. The first kappa shape index (κ1) is 23.7. The van der Waals surface area contributed by atoms with Crippen LogP contribution in [0.4, 0.5) is 0 Å². The summed E-state index contributed by atoms with van der Waals surface area (Å²) in [5.41, 5.74) is 3.03. The Morgan fingerprint density at radius 2 is 1.73 bits per heavy atom. The number of aryl methyl sites for hydroxylation is 1. The van der Waals surface area contributed by atoms with Gasteiger partial charge in [0, 0.05) is 25.2 Å².